The van der Waals surface area contributed by atoms with Gasteiger partial charge in [-0.25, -0.2) is 4.79 Å². The minimum Gasteiger partial charge on any atom is -0.378 e. The van der Waals surface area contributed by atoms with E-state index < -0.39 is 0 Å². The predicted octanol–water partition coefficient (Wildman–Crippen LogP) is 2.12. The van der Waals surface area contributed by atoms with Gasteiger partial charge >= 0.3 is 6.03 Å². The number of nitrogens with one attached hydrogen (secondary N) is 1. The fourth-order valence-electron chi connectivity index (χ4n) is 2.63. The van der Waals surface area contributed by atoms with Gasteiger partial charge < -0.3 is 19.9 Å². The second kappa shape index (κ2) is 8.63. The second-order valence-electron chi connectivity index (χ2n) is 5.42. The Labute approximate surface area is 133 Å². The quantitative estimate of drug-likeness (QED) is 0.875. The summed E-state index contributed by atoms with van der Waals surface area (Å²) in [4.78, 5) is 16.0. The van der Waals surface area contributed by atoms with E-state index in [1.165, 1.54) is 11.3 Å². The van der Waals surface area contributed by atoms with Gasteiger partial charge in [0, 0.05) is 38.4 Å². The molecule has 0 aromatic heterocycles. The van der Waals surface area contributed by atoms with Gasteiger partial charge in [0.2, 0.25) is 0 Å². The van der Waals surface area contributed by atoms with Gasteiger partial charge in [0.25, 0.3) is 0 Å². The van der Waals surface area contributed by atoms with Gasteiger partial charge in [-0.15, -0.1) is 0 Å². The molecule has 2 amide bonds. The molecule has 1 N–H and O–H groups in total. The molecule has 1 aliphatic rings. The normalized spacial score (nSPS) is 14.7. The highest BCUT2D eigenvalue weighted by Gasteiger charge is 2.11. The average Bonchev–Trinajstić information content (AvgIpc) is 2.57. The van der Waals surface area contributed by atoms with E-state index in [1.54, 1.807) is 4.90 Å². The number of carbonyl (C=O) groups excluding carboxylic acids is 1. The van der Waals surface area contributed by atoms with Crippen molar-refractivity contribution in [2.45, 2.75) is 20.3 Å². The Balaban J connectivity index is 1.77. The van der Waals surface area contributed by atoms with Crippen molar-refractivity contribution in [2.75, 3.05) is 50.8 Å². The zero-order valence-corrected chi connectivity index (χ0v) is 13.7. The van der Waals surface area contributed by atoms with E-state index in [1.807, 2.05) is 13.8 Å². The number of amides is 2. The average molecular weight is 305 g/mol. The SMILES string of the molecule is CCN(CC)C(=O)NCCc1ccc(N2CCOCC2)cc1. The summed E-state index contributed by atoms with van der Waals surface area (Å²) in [5.74, 6) is 0. The smallest absolute Gasteiger partial charge is 0.317 e. The fourth-order valence-corrected chi connectivity index (χ4v) is 2.63. The van der Waals surface area contributed by atoms with E-state index in [0.717, 1.165) is 45.8 Å². The van der Waals surface area contributed by atoms with E-state index in [0.29, 0.717) is 6.54 Å². The topological polar surface area (TPSA) is 44.8 Å². The molecule has 1 heterocycles. The maximum Gasteiger partial charge on any atom is 0.317 e. The van der Waals surface area contributed by atoms with Crippen molar-refractivity contribution in [3.05, 3.63) is 29.8 Å². The molecular weight excluding hydrogens is 278 g/mol. The van der Waals surface area contributed by atoms with Gasteiger partial charge in [-0.2, -0.15) is 0 Å². The van der Waals surface area contributed by atoms with Crippen LogP contribution in [0.1, 0.15) is 19.4 Å². The van der Waals surface area contributed by atoms with Gasteiger partial charge in [0.15, 0.2) is 0 Å². The molecule has 1 aromatic carbocycles. The first-order chi connectivity index (χ1) is 10.7. The zero-order valence-electron chi connectivity index (χ0n) is 13.7. The highest BCUT2D eigenvalue weighted by Crippen LogP contribution is 2.16. The first-order valence-electron chi connectivity index (χ1n) is 8.19. The van der Waals surface area contributed by atoms with E-state index >= 15 is 0 Å². The van der Waals surface area contributed by atoms with E-state index in [4.69, 9.17) is 4.74 Å². The van der Waals surface area contributed by atoms with Crippen molar-refractivity contribution in [1.29, 1.82) is 0 Å². The van der Waals surface area contributed by atoms with Gasteiger partial charge in [-0.3, -0.25) is 0 Å². The third kappa shape index (κ3) is 4.63. The van der Waals surface area contributed by atoms with Crippen LogP contribution in [0.5, 0.6) is 0 Å². The lowest BCUT2D eigenvalue weighted by Gasteiger charge is -2.28. The molecule has 0 saturated carbocycles. The van der Waals surface area contributed by atoms with Crippen LogP contribution in [0.25, 0.3) is 0 Å². The molecule has 0 radical (unpaired) electrons. The maximum atomic E-state index is 11.9. The molecule has 0 unspecified atom stereocenters. The second-order valence-corrected chi connectivity index (χ2v) is 5.42. The molecule has 1 aromatic rings. The number of urea groups is 1. The number of hydrogen-bond donors (Lipinski definition) is 1. The lowest BCUT2D eigenvalue weighted by molar-refractivity contribution is 0.122. The third-order valence-electron chi connectivity index (χ3n) is 4.05. The van der Waals surface area contributed by atoms with Crippen molar-refractivity contribution in [3.63, 3.8) is 0 Å². The van der Waals surface area contributed by atoms with Crippen LogP contribution in [-0.2, 0) is 11.2 Å². The minimum atomic E-state index is 0.0231. The van der Waals surface area contributed by atoms with Crippen molar-refractivity contribution in [2.24, 2.45) is 0 Å². The molecule has 122 valence electrons. The number of carbonyl (C=O) groups is 1. The van der Waals surface area contributed by atoms with Crippen LogP contribution in [-0.4, -0.2) is 56.9 Å². The van der Waals surface area contributed by atoms with E-state index in [-0.39, 0.29) is 6.03 Å². The summed E-state index contributed by atoms with van der Waals surface area (Å²) in [6.07, 6.45) is 0.858. The number of ether oxygens (including phenoxy) is 1. The van der Waals surface area contributed by atoms with Crippen LogP contribution in [0.4, 0.5) is 10.5 Å². The maximum absolute atomic E-state index is 11.9. The van der Waals surface area contributed by atoms with Crippen LogP contribution in [0.3, 0.4) is 0 Å². The van der Waals surface area contributed by atoms with Gasteiger partial charge in [-0.1, -0.05) is 12.1 Å². The Morgan fingerprint density at radius 1 is 1.18 bits per heavy atom. The lowest BCUT2D eigenvalue weighted by atomic mass is 10.1. The lowest BCUT2D eigenvalue weighted by Crippen LogP contribution is -2.40. The monoisotopic (exact) mass is 305 g/mol. The van der Waals surface area contributed by atoms with Crippen LogP contribution in [0.2, 0.25) is 0 Å². The molecule has 22 heavy (non-hydrogen) atoms. The Bertz CT molecular complexity index is 451. The molecule has 5 heteroatoms. The fraction of sp³-hybridized carbons (Fsp3) is 0.588. The molecule has 0 aliphatic carbocycles. The Morgan fingerprint density at radius 3 is 2.41 bits per heavy atom. The minimum absolute atomic E-state index is 0.0231. The van der Waals surface area contributed by atoms with Crippen molar-refractivity contribution in [1.82, 2.24) is 10.2 Å². The van der Waals surface area contributed by atoms with Crippen molar-refractivity contribution in [3.8, 4) is 0 Å². The number of hydrogen-bond acceptors (Lipinski definition) is 3. The summed E-state index contributed by atoms with van der Waals surface area (Å²) in [6, 6.07) is 8.64. The number of rotatable bonds is 6. The van der Waals surface area contributed by atoms with Crippen LogP contribution in [0.15, 0.2) is 24.3 Å². The molecule has 0 bridgehead atoms. The summed E-state index contributed by atoms with van der Waals surface area (Å²) in [7, 11) is 0. The third-order valence-corrected chi connectivity index (χ3v) is 4.05. The molecular formula is C17H27N3O2. The Morgan fingerprint density at radius 2 is 1.82 bits per heavy atom. The molecule has 0 atom stereocenters. The summed E-state index contributed by atoms with van der Waals surface area (Å²) in [5, 5.41) is 2.97. The number of anilines is 1. The Hall–Kier alpha value is -1.75. The molecule has 2 rings (SSSR count). The van der Waals surface area contributed by atoms with Crippen molar-refractivity contribution >= 4 is 11.7 Å². The van der Waals surface area contributed by atoms with E-state index in [9.17, 15) is 4.79 Å². The van der Waals surface area contributed by atoms with Crippen molar-refractivity contribution < 1.29 is 9.53 Å². The summed E-state index contributed by atoms with van der Waals surface area (Å²) >= 11 is 0. The molecule has 1 saturated heterocycles. The number of morpholine rings is 1. The van der Waals surface area contributed by atoms with Crippen LogP contribution < -0.4 is 10.2 Å². The predicted molar refractivity (Wildman–Crippen MR) is 89.5 cm³/mol. The van der Waals surface area contributed by atoms with Crippen LogP contribution >= 0.6 is 0 Å². The number of nitrogens with zero attached hydrogens (tertiary/aromatic N) is 2. The molecule has 1 fully saturated rings. The van der Waals surface area contributed by atoms with Gasteiger partial charge in [-0.05, 0) is 38.0 Å². The summed E-state index contributed by atoms with van der Waals surface area (Å²) in [6.45, 7) is 9.68. The van der Waals surface area contributed by atoms with E-state index in [2.05, 4.69) is 34.5 Å². The summed E-state index contributed by atoms with van der Waals surface area (Å²) in [5.41, 5.74) is 2.50. The molecule has 0 spiro atoms. The standard InChI is InChI=1S/C17H27N3O2/c1-3-19(4-2)17(21)18-10-9-15-5-7-16(8-6-15)20-11-13-22-14-12-20/h5-8H,3-4,9-14H2,1-2H3,(H,18,21). The highest BCUT2D eigenvalue weighted by molar-refractivity contribution is 5.74. The zero-order chi connectivity index (χ0) is 15.8. The first-order valence-corrected chi connectivity index (χ1v) is 8.19. The molecule has 1 aliphatic heterocycles. The number of benzene rings is 1. The summed E-state index contributed by atoms with van der Waals surface area (Å²) < 4.78 is 5.37. The Kier molecular flexibility index (Phi) is 6.52. The molecule has 5 nitrogen and oxygen atoms in total. The van der Waals surface area contributed by atoms with Crippen LogP contribution in [0, 0.1) is 0 Å². The van der Waals surface area contributed by atoms with Gasteiger partial charge in [0.05, 0.1) is 13.2 Å². The first kappa shape index (κ1) is 16.6. The highest BCUT2D eigenvalue weighted by atomic mass is 16.5. The van der Waals surface area contributed by atoms with Gasteiger partial charge in [0.1, 0.15) is 0 Å². The largest absolute Gasteiger partial charge is 0.378 e.